The summed E-state index contributed by atoms with van der Waals surface area (Å²) in [7, 11) is 1.76. The Morgan fingerprint density at radius 2 is 2.09 bits per heavy atom. The Bertz CT molecular complexity index is 136. The minimum atomic E-state index is -0.560. The second-order valence-electron chi connectivity index (χ2n) is 2.86. The van der Waals surface area contributed by atoms with Crippen LogP contribution in [-0.4, -0.2) is 41.7 Å². The van der Waals surface area contributed by atoms with E-state index in [0.717, 1.165) is 0 Å². The summed E-state index contributed by atoms with van der Waals surface area (Å²) in [6.45, 7) is 3.65. The highest BCUT2D eigenvalue weighted by Crippen LogP contribution is 2.00. The number of amides is 1. The lowest BCUT2D eigenvalue weighted by molar-refractivity contribution is -0.124. The second-order valence-corrected chi connectivity index (χ2v) is 2.86. The van der Waals surface area contributed by atoms with Crippen LogP contribution in [0.3, 0.4) is 0 Å². The summed E-state index contributed by atoms with van der Waals surface area (Å²) < 4.78 is 0. The van der Waals surface area contributed by atoms with Crippen LogP contribution in [0.1, 0.15) is 13.8 Å². The Hall–Kier alpha value is -0.610. The first-order chi connectivity index (χ1) is 5.00. The molecule has 0 radical (unpaired) electrons. The van der Waals surface area contributed by atoms with Crippen LogP contribution in [0.15, 0.2) is 0 Å². The third kappa shape index (κ3) is 2.86. The topological polar surface area (TPSA) is 66.6 Å². The molecular weight excluding hydrogens is 144 g/mol. The molecule has 4 nitrogen and oxygen atoms in total. The van der Waals surface area contributed by atoms with E-state index in [1.807, 2.05) is 13.8 Å². The van der Waals surface area contributed by atoms with E-state index >= 15 is 0 Å². The average Bonchev–Trinajstić information content (AvgIpc) is 1.88. The van der Waals surface area contributed by atoms with Gasteiger partial charge in [0, 0.05) is 6.04 Å². The SMILES string of the molecule is CC(C)N(C)C(CO)C(N)=O. The van der Waals surface area contributed by atoms with Crippen molar-refractivity contribution >= 4 is 5.91 Å². The number of hydrogen-bond acceptors (Lipinski definition) is 3. The summed E-state index contributed by atoms with van der Waals surface area (Å²) in [5.74, 6) is -0.483. The highest BCUT2D eigenvalue weighted by molar-refractivity contribution is 5.79. The second kappa shape index (κ2) is 4.31. The van der Waals surface area contributed by atoms with Gasteiger partial charge in [0.2, 0.25) is 5.91 Å². The number of likely N-dealkylation sites (N-methyl/N-ethyl adjacent to an activating group) is 1. The number of primary amides is 1. The molecule has 11 heavy (non-hydrogen) atoms. The molecule has 1 amide bonds. The Balaban J connectivity index is 4.14. The molecule has 0 bridgehead atoms. The molecule has 0 saturated heterocycles. The number of aliphatic hydroxyl groups is 1. The molecule has 0 aliphatic carbocycles. The monoisotopic (exact) mass is 160 g/mol. The first-order valence-electron chi connectivity index (χ1n) is 3.62. The Morgan fingerprint density at radius 1 is 1.64 bits per heavy atom. The zero-order valence-corrected chi connectivity index (χ0v) is 7.24. The third-order valence-electron chi connectivity index (χ3n) is 1.81. The van der Waals surface area contributed by atoms with Gasteiger partial charge in [-0.15, -0.1) is 0 Å². The van der Waals surface area contributed by atoms with E-state index in [1.165, 1.54) is 0 Å². The van der Waals surface area contributed by atoms with Crippen molar-refractivity contribution < 1.29 is 9.90 Å². The number of aliphatic hydroxyl groups excluding tert-OH is 1. The molecule has 0 aliphatic rings. The molecule has 0 aromatic rings. The van der Waals surface area contributed by atoms with Crippen molar-refractivity contribution in [3.05, 3.63) is 0 Å². The van der Waals surface area contributed by atoms with Gasteiger partial charge in [-0.25, -0.2) is 0 Å². The third-order valence-corrected chi connectivity index (χ3v) is 1.81. The maximum atomic E-state index is 10.7. The van der Waals surface area contributed by atoms with Gasteiger partial charge in [-0.2, -0.15) is 0 Å². The molecule has 0 heterocycles. The number of carbonyl (C=O) groups is 1. The van der Waals surface area contributed by atoms with E-state index in [1.54, 1.807) is 11.9 Å². The predicted octanol–water partition coefficient (Wildman–Crippen LogP) is -0.827. The zero-order chi connectivity index (χ0) is 9.02. The summed E-state index contributed by atoms with van der Waals surface area (Å²) in [6.07, 6.45) is 0. The van der Waals surface area contributed by atoms with Gasteiger partial charge in [0.15, 0.2) is 0 Å². The predicted molar refractivity (Wildman–Crippen MR) is 43.0 cm³/mol. The van der Waals surface area contributed by atoms with Crippen LogP contribution in [0, 0.1) is 0 Å². The highest BCUT2D eigenvalue weighted by atomic mass is 16.3. The van der Waals surface area contributed by atoms with E-state index in [2.05, 4.69) is 0 Å². The number of rotatable bonds is 4. The maximum absolute atomic E-state index is 10.7. The van der Waals surface area contributed by atoms with Gasteiger partial charge in [0.1, 0.15) is 6.04 Å². The van der Waals surface area contributed by atoms with Crippen molar-refractivity contribution in [3.63, 3.8) is 0 Å². The standard InChI is InChI=1S/C7H16N2O2/c1-5(2)9(3)6(4-10)7(8)11/h5-6,10H,4H2,1-3H3,(H2,8,11). The van der Waals surface area contributed by atoms with Crippen molar-refractivity contribution in [2.75, 3.05) is 13.7 Å². The molecule has 66 valence electrons. The molecule has 0 aromatic heterocycles. The summed E-state index contributed by atoms with van der Waals surface area (Å²) >= 11 is 0. The van der Waals surface area contributed by atoms with Crippen LogP contribution in [0.4, 0.5) is 0 Å². The molecule has 0 fully saturated rings. The van der Waals surface area contributed by atoms with Gasteiger partial charge in [0.25, 0.3) is 0 Å². The summed E-state index contributed by atoms with van der Waals surface area (Å²) in [4.78, 5) is 12.4. The molecule has 1 atom stereocenters. The molecule has 0 saturated carbocycles. The van der Waals surface area contributed by atoms with Crippen LogP contribution < -0.4 is 5.73 Å². The van der Waals surface area contributed by atoms with Crippen molar-refractivity contribution in [2.45, 2.75) is 25.9 Å². The summed E-state index contributed by atoms with van der Waals surface area (Å²) in [6, 6.07) is -0.352. The Labute approximate surface area is 67.0 Å². The average molecular weight is 160 g/mol. The fourth-order valence-corrected chi connectivity index (χ4v) is 0.779. The van der Waals surface area contributed by atoms with E-state index in [9.17, 15) is 4.79 Å². The van der Waals surface area contributed by atoms with Crippen LogP contribution in [0.5, 0.6) is 0 Å². The van der Waals surface area contributed by atoms with E-state index in [4.69, 9.17) is 10.8 Å². The van der Waals surface area contributed by atoms with Crippen LogP contribution in [-0.2, 0) is 4.79 Å². The van der Waals surface area contributed by atoms with Gasteiger partial charge in [0.05, 0.1) is 6.61 Å². The van der Waals surface area contributed by atoms with Crippen molar-refractivity contribution in [1.29, 1.82) is 0 Å². The fraction of sp³-hybridized carbons (Fsp3) is 0.857. The number of hydrogen-bond donors (Lipinski definition) is 2. The number of nitrogens with zero attached hydrogens (tertiary/aromatic N) is 1. The largest absolute Gasteiger partial charge is 0.394 e. The molecule has 3 N–H and O–H groups in total. The van der Waals surface area contributed by atoms with Gasteiger partial charge >= 0.3 is 0 Å². The minimum Gasteiger partial charge on any atom is -0.394 e. The van der Waals surface area contributed by atoms with Crippen molar-refractivity contribution in [3.8, 4) is 0 Å². The van der Waals surface area contributed by atoms with Crippen LogP contribution in [0.2, 0.25) is 0 Å². The molecule has 0 rings (SSSR count). The molecule has 0 spiro atoms. The lowest BCUT2D eigenvalue weighted by atomic mass is 10.2. The lowest BCUT2D eigenvalue weighted by Gasteiger charge is -2.27. The van der Waals surface area contributed by atoms with Gasteiger partial charge in [-0.3, -0.25) is 9.69 Å². The molecule has 0 aliphatic heterocycles. The minimum absolute atomic E-state index is 0.208. The fourth-order valence-electron chi connectivity index (χ4n) is 0.779. The highest BCUT2D eigenvalue weighted by Gasteiger charge is 2.21. The van der Waals surface area contributed by atoms with E-state index in [-0.39, 0.29) is 12.6 Å². The lowest BCUT2D eigenvalue weighted by Crippen LogP contribution is -2.47. The smallest absolute Gasteiger partial charge is 0.237 e. The Kier molecular flexibility index (Phi) is 4.07. The van der Waals surface area contributed by atoms with Crippen LogP contribution in [0.25, 0.3) is 0 Å². The van der Waals surface area contributed by atoms with Gasteiger partial charge in [-0.05, 0) is 20.9 Å². The number of nitrogens with two attached hydrogens (primary N) is 1. The normalized spacial score (nSPS) is 14.0. The summed E-state index contributed by atoms with van der Waals surface area (Å²) in [5, 5.41) is 8.77. The van der Waals surface area contributed by atoms with E-state index < -0.39 is 11.9 Å². The molecule has 0 aromatic carbocycles. The molecule has 1 unspecified atom stereocenters. The molecule has 4 heteroatoms. The molecular formula is C7H16N2O2. The van der Waals surface area contributed by atoms with Crippen molar-refractivity contribution in [1.82, 2.24) is 4.90 Å². The van der Waals surface area contributed by atoms with E-state index in [0.29, 0.717) is 0 Å². The quantitative estimate of drug-likeness (QED) is 0.564. The first-order valence-corrected chi connectivity index (χ1v) is 3.62. The van der Waals surface area contributed by atoms with Crippen molar-refractivity contribution in [2.24, 2.45) is 5.73 Å². The Morgan fingerprint density at radius 3 is 2.18 bits per heavy atom. The van der Waals surface area contributed by atoms with Gasteiger partial charge in [-0.1, -0.05) is 0 Å². The number of carbonyl (C=O) groups excluding carboxylic acids is 1. The zero-order valence-electron chi connectivity index (χ0n) is 7.24. The summed E-state index contributed by atoms with van der Waals surface area (Å²) in [5.41, 5.74) is 5.05. The first kappa shape index (κ1) is 10.4. The van der Waals surface area contributed by atoms with Crippen LogP contribution >= 0.6 is 0 Å². The maximum Gasteiger partial charge on any atom is 0.237 e. The van der Waals surface area contributed by atoms with Gasteiger partial charge < -0.3 is 10.8 Å².